The standard InChI is InChI=1S/C13H17NO7S/c1-20-9-2-4-11(5-3-9)22(18,19)14-6-10(7-15)21-13(17)12(14)8-16/h2-5,10,12,15-16H,6-8H2,1H3/t10-,12-/m1/s1. The summed E-state index contributed by atoms with van der Waals surface area (Å²) in [5.41, 5.74) is 0. The largest absolute Gasteiger partial charge is 0.497 e. The molecule has 1 heterocycles. The lowest BCUT2D eigenvalue weighted by Gasteiger charge is -2.35. The van der Waals surface area contributed by atoms with Crippen molar-refractivity contribution in [3.05, 3.63) is 24.3 Å². The fraction of sp³-hybridized carbons (Fsp3) is 0.462. The minimum atomic E-state index is -4.02. The molecule has 0 aliphatic carbocycles. The van der Waals surface area contributed by atoms with Gasteiger partial charge in [-0.3, -0.25) is 4.79 Å². The van der Waals surface area contributed by atoms with Crippen molar-refractivity contribution < 1.29 is 32.9 Å². The Morgan fingerprint density at radius 2 is 1.91 bits per heavy atom. The van der Waals surface area contributed by atoms with Crippen LogP contribution in [0.2, 0.25) is 0 Å². The van der Waals surface area contributed by atoms with Gasteiger partial charge in [0.15, 0.2) is 0 Å². The Hall–Kier alpha value is -1.68. The number of cyclic esters (lactones) is 1. The van der Waals surface area contributed by atoms with Gasteiger partial charge in [0, 0.05) is 0 Å². The third kappa shape index (κ3) is 3.07. The molecule has 0 radical (unpaired) electrons. The third-order valence-corrected chi connectivity index (χ3v) is 5.22. The van der Waals surface area contributed by atoms with E-state index in [-0.39, 0.29) is 11.4 Å². The maximum atomic E-state index is 12.6. The molecular formula is C13H17NO7S. The number of hydrogen-bond donors (Lipinski definition) is 2. The first kappa shape index (κ1) is 16.7. The summed E-state index contributed by atoms with van der Waals surface area (Å²) >= 11 is 0. The molecule has 2 atom stereocenters. The van der Waals surface area contributed by atoms with E-state index in [9.17, 15) is 18.3 Å². The van der Waals surface area contributed by atoms with Crippen molar-refractivity contribution in [1.82, 2.24) is 4.31 Å². The van der Waals surface area contributed by atoms with E-state index >= 15 is 0 Å². The van der Waals surface area contributed by atoms with E-state index in [0.29, 0.717) is 5.75 Å². The molecule has 2 rings (SSSR count). The van der Waals surface area contributed by atoms with Gasteiger partial charge in [-0.05, 0) is 24.3 Å². The zero-order valence-corrected chi connectivity index (χ0v) is 12.7. The highest BCUT2D eigenvalue weighted by Gasteiger charge is 2.43. The third-order valence-electron chi connectivity index (χ3n) is 3.33. The SMILES string of the molecule is COc1ccc(S(=O)(=O)N2C[C@H](CO)OC(=O)[C@H]2CO)cc1. The molecular weight excluding hydrogens is 314 g/mol. The Morgan fingerprint density at radius 3 is 2.41 bits per heavy atom. The first-order chi connectivity index (χ1) is 10.4. The number of esters is 1. The minimum Gasteiger partial charge on any atom is -0.497 e. The van der Waals surface area contributed by atoms with Gasteiger partial charge in [-0.2, -0.15) is 4.31 Å². The van der Waals surface area contributed by atoms with E-state index in [4.69, 9.17) is 14.6 Å². The number of nitrogens with zero attached hydrogens (tertiary/aromatic N) is 1. The van der Waals surface area contributed by atoms with Crippen molar-refractivity contribution in [2.24, 2.45) is 0 Å². The van der Waals surface area contributed by atoms with Gasteiger partial charge in [-0.1, -0.05) is 0 Å². The second-order valence-electron chi connectivity index (χ2n) is 4.69. The smallest absolute Gasteiger partial charge is 0.327 e. The molecule has 0 aromatic heterocycles. The van der Waals surface area contributed by atoms with Gasteiger partial charge in [0.2, 0.25) is 10.0 Å². The van der Waals surface area contributed by atoms with Crippen LogP contribution in [0.3, 0.4) is 0 Å². The van der Waals surface area contributed by atoms with Gasteiger partial charge in [-0.15, -0.1) is 0 Å². The lowest BCUT2D eigenvalue weighted by atomic mass is 10.2. The van der Waals surface area contributed by atoms with Gasteiger partial charge < -0.3 is 19.7 Å². The van der Waals surface area contributed by atoms with Gasteiger partial charge in [0.1, 0.15) is 17.9 Å². The van der Waals surface area contributed by atoms with E-state index in [1.807, 2.05) is 0 Å². The van der Waals surface area contributed by atoms with Gasteiger partial charge in [0.05, 0.1) is 31.8 Å². The normalized spacial score (nSPS) is 23.1. The predicted octanol–water partition coefficient (Wildman–Crippen LogP) is -1.04. The number of sulfonamides is 1. The Bertz CT molecular complexity index is 628. The molecule has 8 nitrogen and oxygen atoms in total. The van der Waals surface area contributed by atoms with Gasteiger partial charge >= 0.3 is 5.97 Å². The number of rotatable bonds is 5. The molecule has 0 spiro atoms. The van der Waals surface area contributed by atoms with E-state index in [1.54, 1.807) is 0 Å². The van der Waals surface area contributed by atoms with Crippen molar-refractivity contribution in [3.63, 3.8) is 0 Å². The Balaban J connectivity index is 2.37. The summed E-state index contributed by atoms with van der Waals surface area (Å²) < 4.78 is 36.0. The quantitative estimate of drug-likeness (QED) is 0.663. The van der Waals surface area contributed by atoms with Crippen LogP contribution in [-0.4, -0.2) is 67.9 Å². The molecule has 1 saturated heterocycles. The summed E-state index contributed by atoms with van der Waals surface area (Å²) in [6.07, 6.45) is -0.955. The van der Waals surface area contributed by atoms with E-state index in [0.717, 1.165) is 4.31 Å². The number of carbonyl (C=O) groups is 1. The molecule has 1 aliphatic heterocycles. The Kier molecular flexibility index (Phi) is 5.01. The Labute approximate surface area is 127 Å². The maximum absolute atomic E-state index is 12.6. The molecule has 0 amide bonds. The number of carbonyl (C=O) groups excluding carboxylic acids is 1. The maximum Gasteiger partial charge on any atom is 0.327 e. The van der Waals surface area contributed by atoms with Crippen molar-refractivity contribution in [2.75, 3.05) is 26.9 Å². The lowest BCUT2D eigenvalue weighted by molar-refractivity contribution is -0.165. The number of ether oxygens (including phenoxy) is 2. The monoisotopic (exact) mass is 331 g/mol. The number of methoxy groups -OCH3 is 1. The Morgan fingerprint density at radius 1 is 1.27 bits per heavy atom. The number of aliphatic hydroxyl groups excluding tert-OH is 2. The summed E-state index contributed by atoms with van der Waals surface area (Å²) in [4.78, 5) is 11.7. The number of aliphatic hydroxyl groups is 2. The van der Waals surface area contributed by atoms with Crippen LogP contribution in [0.1, 0.15) is 0 Å². The van der Waals surface area contributed by atoms with Crippen LogP contribution < -0.4 is 4.74 Å². The summed E-state index contributed by atoms with van der Waals surface area (Å²) in [6, 6.07) is 4.32. The lowest BCUT2D eigenvalue weighted by Crippen LogP contribution is -2.57. The molecule has 1 aromatic rings. The second kappa shape index (κ2) is 6.61. The first-order valence-electron chi connectivity index (χ1n) is 6.52. The summed E-state index contributed by atoms with van der Waals surface area (Å²) in [5, 5.41) is 18.4. The van der Waals surface area contributed by atoms with Crippen LogP contribution in [0.4, 0.5) is 0 Å². The number of morpholine rings is 1. The molecule has 9 heteroatoms. The highest BCUT2D eigenvalue weighted by atomic mass is 32.2. The molecule has 0 saturated carbocycles. The average molecular weight is 331 g/mol. The number of hydrogen-bond acceptors (Lipinski definition) is 7. The summed E-state index contributed by atoms with van der Waals surface area (Å²) in [7, 11) is -2.56. The van der Waals surface area contributed by atoms with E-state index < -0.39 is 41.4 Å². The van der Waals surface area contributed by atoms with Crippen LogP contribution in [0.15, 0.2) is 29.2 Å². The van der Waals surface area contributed by atoms with Crippen LogP contribution in [0, 0.1) is 0 Å². The first-order valence-corrected chi connectivity index (χ1v) is 7.96. The molecule has 0 unspecified atom stereocenters. The number of benzene rings is 1. The van der Waals surface area contributed by atoms with Crippen LogP contribution in [0.25, 0.3) is 0 Å². The molecule has 1 aromatic carbocycles. The van der Waals surface area contributed by atoms with E-state index in [1.165, 1.54) is 31.4 Å². The average Bonchev–Trinajstić information content (AvgIpc) is 2.54. The fourth-order valence-corrected chi connectivity index (χ4v) is 3.74. The topological polar surface area (TPSA) is 113 Å². The van der Waals surface area contributed by atoms with Crippen LogP contribution >= 0.6 is 0 Å². The zero-order valence-electron chi connectivity index (χ0n) is 11.9. The highest BCUT2D eigenvalue weighted by Crippen LogP contribution is 2.24. The van der Waals surface area contributed by atoms with Crippen molar-refractivity contribution in [3.8, 4) is 5.75 Å². The second-order valence-corrected chi connectivity index (χ2v) is 6.58. The minimum absolute atomic E-state index is 0.0434. The fourth-order valence-electron chi connectivity index (χ4n) is 2.13. The summed E-state index contributed by atoms with van der Waals surface area (Å²) in [6.45, 7) is -1.42. The molecule has 22 heavy (non-hydrogen) atoms. The molecule has 2 N–H and O–H groups in total. The summed E-state index contributed by atoms with van der Waals surface area (Å²) in [5.74, 6) is -0.395. The van der Waals surface area contributed by atoms with Gasteiger partial charge in [-0.25, -0.2) is 8.42 Å². The van der Waals surface area contributed by atoms with Gasteiger partial charge in [0.25, 0.3) is 0 Å². The van der Waals surface area contributed by atoms with Crippen molar-refractivity contribution in [2.45, 2.75) is 17.0 Å². The van der Waals surface area contributed by atoms with Crippen molar-refractivity contribution >= 4 is 16.0 Å². The highest BCUT2D eigenvalue weighted by molar-refractivity contribution is 7.89. The van der Waals surface area contributed by atoms with Crippen LogP contribution in [-0.2, 0) is 19.6 Å². The molecule has 1 fully saturated rings. The molecule has 0 bridgehead atoms. The molecule has 122 valence electrons. The van der Waals surface area contributed by atoms with Crippen molar-refractivity contribution in [1.29, 1.82) is 0 Å². The van der Waals surface area contributed by atoms with E-state index in [2.05, 4.69) is 0 Å². The van der Waals surface area contributed by atoms with Crippen LogP contribution in [0.5, 0.6) is 5.75 Å². The predicted molar refractivity (Wildman–Crippen MR) is 74.7 cm³/mol. The molecule has 1 aliphatic rings. The zero-order chi connectivity index (χ0) is 16.3.